The molecular formula is C35H37FN2O5S. The van der Waals surface area contributed by atoms with Crippen molar-refractivity contribution < 1.29 is 28.1 Å². The van der Waals surface area contributed by atoms with Crippen molar-refractivity contribution in [2.45, 2.75) is 49.6 Å². The highest BCUT2D eigenvalue weighted by molar-refractivity contribution is 8.22. The first-order chi connectivity index (χ1) is 21.2. The number of halogens is 1. The summed E-state index contributed by atoms with van der Waals surface area (Å²) >= 11 is 0. The second-order valence-electron chi connectivity index (χ2n) is 11.6. The number of ether oxygens (including phenoxy) is 1. The molecule has 7 nitrogen and oxygen atoms in total. The maximum absolute atomic E-state index is 14.5. The molecule has 4 aromatic rings. The Morgan fingerprint density at radius 1 is 0.932 bits per heavy atom. The normalized spacial score (nSPS) is 19.5. The lowest BCUT2D eigenvalue weighted by Gasteiger charge is -2.46. The molecule has 0 bridgehead atoms. The quantitative estimate of drug-likeness (QED) is 0.191. The van der Waals surface area contributed by atoms with Crippen molar-refractivity contribution in [2.24, 2.45) is 5.92 Å². The highest BCUT2D eigenvalue weighted by Gasteiger charge is 2.41. The standard InChI is InChI=1S/C35H37FN2O5S/c1-37-32(25-13-7-3-8-14-25)22-38(27-15-9-4-10-16-27)31-21-33(43-23-24-11-5-2-6-12-24)28(20-34(31)44(37,41)42)26-17-18-30(36)29(19-26)35(39)40/h2,4-6,9-12,15-21,25,32,41-42H,3,7-8,13-14,22-23H2,1H3,(H,39,40). The van der Waals surface area contributed by atoms with Gasteiger partial charge in [0.15, 0.2) is 0 Å². The summed E-state index contributed by atoms with van der Waals surface area (Å²) in [5.41, 5.74) is 2.82. The lowest BCUT2D eigenvalue weighted by atomic mass is 9.83. The third kappa shape index (κ3) is 5.93. The Balaban J connectivity index is 1.55. The van der Waals surface area contributed by atoms with E-state index in [0.29, 0.717) is 39.9 Å². The van der Waals surface area contributed by atoms with Gasteiger partial charge in [0.05, 0.1) is 16.1 Å². The van der Waals surface area contributed by atoms with Crippen LogP contribution in [0.3, 0.4) is 0 Å². The molecule has 0 aromatic heterocycles. The molecule has 1 unspecified atom stereocenters. The van der Waals surface area contributed by atoms with E-state index in [9.17, 15) is 23.4 Å². The van der Waals surface area contributed by atoms with Crippen molar-refractivity contribution >= 4 is 28.1 Å². The second kappa shape index (κ2) is 12.6. The zero-order valence-electron chi connectivity index (χ0n) is 24.6. The summed E-state index contributed by atoms with van der Waals surface area (Å²) in [5.74, 6) is -1.52. The Bertz CT molecular complexity index is 1630. The number of carboxylic acid groups (broad SMARTS) is 1. The van der Waals surface area contributed by atoms with Crippen LogP contribution in [0.2, 0.25) is 0 Å². The molecule has 0 saturated heterocycles. The van der Waals surface area contributed by atoms with E-state index >= 15 is 0 Å². The van der Waals surface area contributed by atoms with Gasteiger partial charge in [0.2, 0.25) is 0 Å². The lowest BCUT2D eigenvalue weighted by Crippen LogP contribution is -2.45. The van der Waals surface area contributed by atoms with Gasteiger partial charge in [0.1, 0.15) is 18.2 Å². The average molecular weight is 617 g/mol. The van der Waals surface area contributed by atoms with Crippen LogP contribution in [-0.4, -0.2) is 44.1 Å². The van der Waals surface area contributed by atoms with Gasteiger partial charge in [-0.1, -0.05) is 73.9 Å². The van der Waals surface area contributed by atoms with Crippen LogP contribution in [0, 0.1) is 11.7 Å². The molecule has 1 fully saturated rings. The maximum Gasteiger partial charge on any atom is 0.338 e. The number of carbonyl (C=O) groups is 1. The Morgan fingerprint density at radius 2 is 1.61 bits per heavy atom. The molecule has 1 aliphatic carbocycles. The molecule has 0 spiro atoms. The van der Waals surface area contributed by atoms with Crippen LogP contribution in [-0.2, 0) is 6.61 Å². The minimum absolute atomic E-state index is 0.130. The smallest absolute Gasteiger partial charge is 0.338 e. The Labute approximate surface area is 259 Å². The molecule has 1 aliphatic heterocycles. The number of likely N-dealkylation sites (N-methyl/N-ethyl adjacent to an activating group) is 1. The number of fused-ring (bicyclic) bond motifs is 1. The fraction of sp³-hybridized carbons (Fsp3) is 0.286. The predicted octanol–water partition coefficient (Wildman–Crippen LogP) is 8.83. The van der Waals surface area contributed by atoms with Crippen molar-refractivity contribution in [2.75, 3.05) is 18.5 Å². The molecule has 0 amide bonds. The number of anilines is 2. The van der Waals surface area contributed by atoms with E-state index in [-0.39, 0.29) is 12.6 Å². The third-order valence-electron chi connectivity index (χ3n) is 8.89. The fourth-order valence-electron chi connectivity index (χ4n) is 6.48. The molecule has 1 heterocycles. The van der Waals surface area contributed by atoms with Crippen molar-refractivity contribution in [3.05, 3.63) is 108 Å². The number of para-hydroxylation sites is 1. The predicted molar refractivity (Wildman–Crippen MR) is 172 cm³/mol. The second-order valence-corrected chi connectivity index (χ2v) is 13.6. The van der Waals surface area contributed by atoms with Gasteiger partial charge in [-0.2, -0.15) is 4.31 Å². The molecule has 3 N–H and O–H groups in total. The first-order valence-electron chi connectivity index (χ1n) is 15.0. The Hall–Kier alpha value is -3.89. The zero-order valence-corrected chi connectivity index (χ0v) is 25.4. The van der Waals surface area contributed by atoms with Crippen molar-refractivity contribution in [3.63, 3.8) is 0 Å². The largest absolute Gasteiger partial charge is 0.488 e. The highest BCUT2D eigenvalue weighted by Crippen LogP contribution is 2.61. The van der Waals surface area contributed by atoms with Crippen LogP contribution >= 0.6 is 10.8 Å². The van der Waals surface area contributed by atoms with Crippen LogP contribution in [0.25, 0.3) is 11.1 Å². The monoisotopic (exact) mass is 616 g/mol. The van der Waals surface area contributed by atoms with Crippen LogP contribution in [0.5, 0.6) is 5.75 Å². The van der Waals surface area contributed by atoms with Crippen LogP contribution in [0.1, 0.15) is 48.0 Å². The van der Waals surface area contributed by atoms with E-state index in [4.69, 9.17) is 4.74 Å². The van der Waals surface area contributed by atoms with Crippen LogP contribution < -0.4 is 9.64 Å². The molecule has 6 rings (SSSR count). The van der Waals surface area contributed by atoms with Gasteiger partial charge in [-0.25, -0.2) is 9.18 Å². The average Bonchev–Trinajstić information content (AvgIpc) is 3.13. The zero-order chi connectivity index (χ0) is 30.8. The SMILES string of the molecule is CN1C(C2CCCCC2)CN(c2ccccc2)c2cc(OCc3ccccc3)c(-c3ccc(F)c(C(=O)O)c3)cc2S1(O)O. The number of hydrogen-bond donors (Lipinski definition) is 3. The van der Waals surface area contributed by atoms with Gasteiger partial charge >= 0.3 is 5.97 Å². The maximum atomic E-state index is 14.5. The first-order valence-corrected chi connectivity index (χ1v) is 16.5. The molecule has 9 heteroatoms. The summed E-state index contributed by atoms with van der Waals surface area (Å²) in [5, 5.41) is 9.66. The number of carboxylic acids is 1. The van der Waals surface area contributed by atoms with Crippen molar-refractivity contribution in [1.82, 2.24) is 4.31 Å². The summed E-state index contributed by atoms with van der Waals surface area (Å²) < 4.78 is 46.7. The van der Waals surface area contributed by atoms with Gasteiger partial charge in [-0.15, -0.1) is 10.8 Å². The van der Waals surface area contributed by atoms with Crippen molar-refractivity contribution in [3.8, 4) is 16.9 Å². The lowest BCUT2D eigenvalue weighted by molar-refractivity contribution is 0.0692. The van der Waals surface area contributed by atoms with Gasteiger partial charge in [0.25, 0.3) is 0 Å². The van der Waals surface area contributed by atoms with E-state index in [2.05, 4.69) is 4.90 Å². The van der Waals surface area contributed by atoms with E-state index in [1.54, 1.807) is 17.4 Å². The van der Waals surface area contributed by atoms with E-state index < -0.39 is 28.1 Å². The van der Waals surface area contributed by atoms with Crippen molar-refractivity contribution in [1.29, 1.82) is 0 Å². The topological polar surface area (TPSA) is 93.5 Å². The summed E-state index contributed by atoms with van der Waals surface area (Å²) in [4.78, 5) is 14.3. The van der Waals surface area contributed by atoms with E-state index in [0.717, 1.165) is 43.0 Å². The number of hydrogen-bond acceptors (Lipinski definition) is 6. The van der Waals surface area contributed by atoms with Crippen LogP contribution in [0.4, 0.5) is 15.8 Å². The number of aromatic carboxylic acids is 1. The summed E-state index contributed by atoms with van der Waals surface area (Å²) in [6.07, 6.45) is 5.46. The van der Waals surface area contributed by atoms with E-state index in [1.165, 1.54) is 18.6 Å². The Kier molecular flexibility index (Phi) is 8.64. The molecule has 1 saturated carbocycles. The van der Waals surface area contributed by atoms with Gasteiger partial charge in [-0.05, 0) is 60.2 Å². The van der Waals surface area contributed by atoms with Gasteiger partial charge in [-0.3, -0.25) is 9.11 Å². The molecular weight excluding hydrogens is 579 g/mol. The minimum atomic E-state index is -3.50. The van der Waals surface area contributed by atoms with Crippen LogP contribution in [0.15, 0.2) is 95.9 Å². The molecule has 1 atom stereocenters. The fourth-order valence-corrected chi connectivity index (χ4v) is 8.13. The molecule has 230 valence electrons. The number of nitrogens with zero attached hydrogens (tertiary/aromatic N) is 2. The highest BCUT2D eigenvalue weighted by atomic mass is 32.3. The summed E-state index contributed by atoms with van der Waals surface area (Å²) in [6.45, 7) is 0.775. The minimum Gasteiger partial charge on any atom is -0.488 e. The molecule has 0 radical (unpaired) electrons. The van der Waals surface area contributed by atoms with Gasteiger partial charge in [0, 0.05) is 37.0 Å². The molecule has 44 heavy (non-hydrogen) atoms. The van der Waals surface area contributed by atoms with Gasteiger partial charge < -0.3 is 14.7 Å². The Morgan fingerprint density at radius 3 is 2.30 bits per heavy atom. The first kappa shape index (κ1) is 30.1. The number of rotatable bonds is 7. The molecule has 4 aromatic carbocycles. The summed E-state index contributed by atoms with van der Waals surface area (Å²) in [6, 6.07) is 26.8. The van der Waals surface area contributed by atoms with E-state index in [1.807, 2.05) is 66.7 Å². The molecule has 2 aliphatic rings. The number of benzene rings is 4. The summed E-state index contributed by atoms with van der Waals surface area (Å²) in [7, 11) is -1.72. The third-order valence-corrected chi connectivity index (χ3v) is 10.9.